The molecule has 0 heterocycles. The van der Waals surface area contributed by atoms with E-state index in [1.165, 1.54) is 0 Å². The van der Waals surface area contributed by atoms with E-state index in [9.17, 15) is 13.2 Å². The van der Waals surface area contributed by atoms with Gasteiger partial charge in [0.15, 0.2) is 0 Å². The molecule has 2 rings (SSSR count). The molecule has 0 aromatic heterocycles. The third kappa shape index (κ3) is 3.94. The Bertz CT molecular complexity index is 372. The maximum absolute atomic E-state index is 12.8. The molecule has 0 aromatic rings. The Balaban J connectivity index is 1.98. The quantitative estimate of drug-likeness (QED) is 0.417. The molecule has 2 aliphatic carbocycles. The van der Waals surface area contributed by atoms with Crippen LogP contribution in [-0.4, -0.2) is 31.6 Å². The van der Waals surface area contributed by atoms with Crippen molar-refractivity contribution < 1.29 is 17.9 Å². The summed E-state index contributed by atoms with van der Waals surface area (Å²) in [7, 11) is 6.00. The van der Waals surface area contributed by atoms with Gasteiger partial charge in [0, 0.05) is 5.57 Å². The van der Waals surface area contributed by atoms with Gasteiger partial charge in [0.1, 0.15) is 0 Å². The van der Waals surface area contributed by atoms with Gasteiger partial charge in [-0.1, -0.05) is 12.7 Å². The van der Waals surface area contributed by atoms with Crippen LogP contribution in [0, 0.1) is 5.92 Å². The molecule has 5 atom stereocenters. The summed E-state index contributed by atoms with van der Waals surface area (Å²) >= 11 is 5.75. The zero-order valence-electron chi connectivity index (χ0n) is 11.5. The summed E-state index contributed by atoms with van der Waals surface area (Å²) < 4.78 is 44.3. The Labute approximate surface area is 124 Å². The van der Waals surface area contributed by atoms with Crippen molar-refractivity contribution in [1.29, 1.82) is 0 Å². The average molecular weight is 307 g/mol. The van der Waals surface area contributed by atoms with E-state index in [0.29, 0.717) is 18.8 Å². The predicted molar refractivity (Wildman–Crippen MR) is 74.2 cm³/mol. The zero-order valence-corrected chi connectivity index (χ0v) is 12.3. The highest BCUT2D eigenvalue weighted by Gasteiger charge is 2.41. The number of hydrogen-bond acceptors (Lipinski definition) is 1. The molecule has 20 heavy (non-hydrogen) atoms. The van der Waals surface area contributed by atoms with Crippen molar-refractivity contribution >= 4 is 19.4 Å². The number of allylic oxidation sites excluding steroid dienone is 1. The Kier molecular flexibility index (Phi) is 5.12. The normalized spacial score (nSPS) is 39.5. The lowest BCUT2D eigenvalue weighted by atomic mass is 9.68. The molecule has 1 fully saturated rings. The summed E-state index contributed by atoms with van der Waals surface area (Å²) in [4.78, 5) is 0. The summed E-state index contributed by atoms with van der Waals surface area (Å²) in [6, 6.07) is 0. The third-order valence-electron chi connectivity index (χ3n) is 4.31. The second kappa shape index (κ2) is 6.31. The van der Waals surface area contributed by atoms with Crippen LogP contribution < -0.4 is 0 Å². The Morgan fingerprint density at radius 3 is 2.55 bits per heavy atom. The molecule has 0 spiro atoms. The van der Waals surface area contributed by atoms with Gasteiger partial charge in [0.2, 0.25) is 0 Å². The molecule has 5 unspecified atom stereocenters. The second-order valence-corrected chi connectivity index (χ2v) is 6.44. The van der Waals surface area contributed by atoms with E-state index in [1.807, 2.05) is 0 Å². The van der Waals surface area contributed by atoms with Crippen LogP contribution in [0.1, 0.15) is 39.0 Å². The standard InChI is InChI=1S/C14H19BClF3O/c1-8-2-3-10(7-12(8)15)20-9-4-5-13(16)11(6-9)14(17,18)19/h6,8-10,12-13H,2-5,7H2,1H3. The predicted octanol–water partition coefficient (Wildman–Crippen LogP) is 4.41. The van der Waals surface area contributed by atoms with Crippen molar-refractivity contribution in [2.24, 2.45) is 5.92 Å². The minimum absolute atomic E-state index is 0.0381. The van der Waals surface area contributed by atoms with E-state index < -0.39 is 23.2 Å². The first kappa shape index (κ1) is 16.2. The first-order valence-electron chi connectivity index (χ1n) is 7.11. The fourth-order valence-corrected chi connectivity index (χ4v) is 3.24. The fraction of sp³-hybridized carbons (Fsp3) is 0.857. The molecule has 1 saturated carbocycles. The van der Waals surface area contributed by atoms with Gasteiger partial charge >= 0.3 is 6.18 Å². The van der Waals surface area contributed by atoms with Crippen LogP contribution in [0.25, 0.3) is 0 Å². The smallest absolute Gasteiger partial charge is 0.371 e. The summed E-state index contributed by atoms with van der Waals surface area (Å²) in [5.41, 5.74) is -0.663. The van der Waals surface area contributed by atoms with Crippen molar-refractivity contribution in [2.75, 3.05) is 0 Å². The van der Waals surface area contributed by atoms with Crippen molar-refractivity contribution in [3.8, 4) is 0 Å². The molecule has 112 valence electrons. The average Bonchev–Trinajstić information content (AvgIpc) is 2.35. The minimum Gasteiger partial charge on any atom is -0.371 e. The van der Waals surface area contributed by atoms with Gasteiger partial charge in [-0.15, -0.1) is 11.6 Å². The van der Waals surface area contributed by atoms with Crippen LogP contribution in [0.5, 0.6) is 0 Å². The summed E-state index contributed by atoms with van der Waals surface area (Å²) in [6.07, 6.45) is -0.358. The monoisotopic (exact) mass is 306 g/mol. The van der Waals surface area contributed by atoms with Crippen LogP contribution in [0.2, 0.25) is 5.82 Å². The first-order valence-corrected chi connectivity index (χ1v) is 7.55. The number of alkyl halides is 4. The maximum Gasteiger partial charge on any atom is 0.413 e. The molecule has 0 bridgehead atoms. The number of ether oxygens (including phenoxy) is 1. The molecule has 0 aliphatic heterocycles. The summed E-state index contributed by atoms with van der Waals surface area (Å²) in [5.74, 6) is 0.527. The Morgan fingerprint density at radius 1 is 1.25 bits per heavy atom. The lowest BCUT2D eigenvalue weighted by Crippen LogP contribution is -2.33. The van der Waals surface area contributed by atoms with Crippen LogP contribution in [0.3, 0.4) is 0 Å². The van der Waals surface area contributed by atoms with Gasteiger partial charge in [0.05, 0.1) is 25.4 Å². The Morgan fingerprint density at radius 2 is 1.95 bits per heavy atom. The second-order valence-electron chi connectivity index (χ2n) is 5.92. The van der Waals surface area contributed by atoms with Gasteiger partial charge in [-0.2, -0.15) is 13.2 Å². The van der Waals surface area contributed by atoms with Crippen molar-refractivity contribution in [3.63, 3.8) is 0 Å². The van der Waals surface area contributed by atoms with Crippen LogP contribution >= 0.6 is 11.6 Å². The number of rotatable bonds is 2. The SMILES string of the molecule is [B]C1CC(OC2C=C(C(F)(F)F)C(Cl)CC2)CCC1C. The first-order chi connectivity index (χ1) is 9.27. The fourth-order valence-electron chi connectivity index (χ4n) is 2.92. The van der Waals surface area contributed by atoms with E-state index >= 15 is 0 Å². The highest BCUT2D eigenvalue weighted by Crippen LogP contribution is 2.39. The van der Waals surface area contributed by atoms with E-state index in [2.05, 4.69) is 6.92 Å². The molecule has 0 aromatic carbocycles. The Hall–Kier alpha value is -0.155. The van der Waals surface area contributed by atoms with Crippen LogP contribution in [-0.2, 0) is 4.74 Å². The van der Waals surface area contributed by atoms with Crippen LogP contribution in [0.4, 0.5) is 13.2 Å². The molecule has 0 N–H and O–H groups in total. The largest absolute Gasteiger partial charge is 0.413 e. The minimum atomic E-state index is -4.37. The molecule has 0 saturated heterocycles. The van der Waals surface area contributed by atoms with Gasteiger partial charge in [0.25, 0.3) is 0 Å². The molecule has 6 heteroatoms. The molecular formula is C14H19BClF3O. The van der Waals surface area contributed by atoms with Gasteiger partial charge in [-0.05, 0) is 44.1 Å². The van der Waals surface area contributed by atoms with E-state index in [0.717, 1.165) is 25.3 Å². The number of halogens is 4. The number of hydrogen-bond donors (Lipinski definition) is 0. The van der Waals surface area contributed by atoms with E-state index in [-0.39, 0.29) is 11.9 Å². The van der Waals surface area contributed by atoms with E-state index in [1.54, 1.807) is 0 Å². The molecule has 0 amide bonds. The van der Waals surface area contributed by atoms with Gasteiger partial charge < -0.3 is 4.74 Å². The molecular weight excluding hydrogens is 287 g/mol. The molecule has 2 aliphatic rings. The van der Waals surface area contributed by atoms with Crippen molar-refractivity contribution in [1.82, 2.24) is 0 Å². The topological polar surface area (TPSA) is 9.23 Å². The summed E-state index contributed by atoms with van der Waals surface area (Å²) in [6.45, 7) is 2.10. The summed E-state index contributed by atoms with van der Waals surface area (Å²) in [5, 5.41) is -0.955. The van der Waals surface area contributed by atoms with Gasteiger partial charge in [-0.25, -0.2) is 0 Å². The molecule has 2 radical (unpaired) electrons. The highest BCUT2D eigenvalue weighted by atomic mass is 35.5. The van der Waals surface area contributed by atoms with Crippen molar-refractivity contribution in [2.45, 2.75) is 68.6 Å². The highest BCUT2D eigenvalue weighted by molar-refractivity contribution is 6.22. The lowest BCUT2D eigenvalue weighted by molar-refractivity contribution is -0.0984. The van der Waals surface area contributed by atoms with E-state index in [4.69, 9.17) is 24.2 Å². The third-order valence-corrected chi connectivity index (χ3v) is 4.77. The zero-order chi connectivity index (χ0) is 14.9. The maximum atomic E-state index is 12.8. The van der Waals surface area contributed by atoms with Crippen LogP contribution in [0.15, 0.2) is 11.6 Å². The molecule has 1 nitrogen and oxygen atoms in total. The lowest BCUT2D eigenvalue weighted by Gasteiger charge is -2.35. The van der Waals surface area contributed by atoms with Crippen molar-refractivity contribution in [3.05, 3.63) is 11.6 Å². The van der Waals surface area contributed by atoms with Gasteiger partial charge in [-0.3, -0.25) is 0 Å².